The highest BCUT2D eigenvalue weighted by Crippen LogP contribution is 2.24. The summed E-state index contributed by atoms with van der Waals surface area (Å²) in [6.07, 6.45) is 1.73. The van der Waals surface area contributed by atoms with E-state index in [1.54, 1.807) is 6.20 Å². The van der Waals surface area contributed by atoms with Gasteiger partial charge in [0.1, 0.15) is 5.75 Å². The Morgan fingerprint density at radius 2 is 1.92 bits per heavy atom. The molecule has 0 atom stereocenters. The van der Waals surface area contributed by atoms with Gasteiger partial charge in [-0.05, 0) is 36.4 Å². The molecule has 5 nitrogen and oxygen atoms in total. The molecule has 0 aliphatic carbocycles. The summed E-state index contributed by atoms with van der Waals surface area (Å²) < 4.78 is 5.40. The summed E-state index contributed by atoms with van der Waals surface area (Å²) >= 11 is 5.99. The molecule has 0 saturated heterocycles. The number of halogens is 1. The number of pyridine rings is 1. The first kappa shape index (κ1) is 17.0. The van der Waals surface area contributed by atoms with Crippen molar-refractivity contribution < 1.29 is 9.53 Å². The Balaban J connectivity index is 1.45. The topological polar surface area (TPSA) is 63.2 Å². The summed E-state index contributed by atoms with van der Waals surface area (Å²) in [7, 11) is 0. The van der Waals surface area contributed by atoms with Crippen molar-refractivity contribution in [1.29, 1.82) is 0 Å². The van der Waals surface area contributed by atoms with Gasteiger partial charge >= 0.3 is 0 Å². The van der Waals surface area contributed by atoms with Crippen LogP contribution in [0.3, 0.4) is 0 Å². The first-order valence-corrected chi connectivity index (χ1v) is 8.33. The zero-order valence-electron chi connectivity index (χ0n) is 13.5. The van der Waals surface area contributed by atoms with Gasteiger partial charge in [-0.2, -0.15) is 0 Å². The third-order valence-electron chi connectivity index (χ3n) is 3.58. The van der Waals surface area contributed by atoms with Gasteiger partial charge in [-0.25, -0.2) is 0 Å². The molecule has 0 radical (unpaired) electrons. The van der Waals surface area contributed by atoms with Crippen LogP contribution < -0.4 is 15.4 Å². The predicted molar refractivity (Wildman–Crippen MR) is 100 cm³/mol. The zero-order chi connectivity index (χ0) is 17.5. The minimum atomic E-state index is -0.156. The number of hydrogen-bond acceptors (Lipinski definition) is 4. The van der Waals surface area contributed by atoms with Crippen LogP contribution in [0, 0.1) is 0 Å². The number of anilines is 1. The van der Waals surface area contributed by atoms with Crippen LogP contribution in [0.15, 0.2) is 60.8 Å². The van der Waals surface area contributed by atoms with Crippen molar-refractivity contribution in [3.8, 4) is 5.75 Å². The molecule has 1 heterocycles. The Labute approximate surface area is 151 Å². The summed E-state index contributed by atoms with van der Waals surface area (Å²) in [4.78, 5) is 16.1. The molecule has 0 aliphatic heterocycles. The first-order valence-electron chi connectivity index (χ1n) is 7.95. The van der Waals surface area contributed by atoms with Crippen molar-refractivity contribution in [2.75, 3.05) is 25.0 Å². The number of nitrogens with zero attached hydrogens (tertiary/aromatic N) is 1. The van der Waals surface area contributed by atoms with E-state index in [9.17, 15) is 4.79 Å². The molecule has 6 heteroatoms. The van der Waals surface area contributed by atoms with E-state index in [1.807, 2.05) is 54.6 Å². The molecule has 2 aromatic carbocycles. The van der Waals surface area contributed by atoms with Gasteiger partial charge in [0.2, 0.25) is 0 Å². The minimum Gasteiger partial charge on any atom is -0.484 e. The van der Waals surface area contributed by atoms with E-state index in [0.29, 0.717) is 23.9 Å². The monoisotopic (exact) mass is 355 g/mol. The van der Waals surface area contributed by atoms with Crippen LogP contribution in [0.4, 0.5) is 5.69 Å². The van der Waals surface area contributed by atoms with Crippen molar-refractivity contribution in [1.82, 2.24) is 10.3 Å². The quantitative estimate of drug-likeness (QED) is 0.637. The second-order valence-corrected chi connectivity index (χ2v) is 5.83. The van der Waals surface area contributed by atoms with Crippen molar-refractivity contribution in [3.63, 3.8) is 0 Å². The van der Waals surface area contributed by atoms with Crippen LogP contribution >= 0.6 is 11.6 Å². The second-order valence-electron chi connectivity index (χ2n) is 5.40. The van der Waals surface area contributed by atoms with Crippen molar-refractivity contribution in [2.24, 2.45) is 0 Å². The largest absolute Gasteiger partial charge is 0.484 e. The summed E-state index contributed by atoms with van der Waals surface area (Å²) in [6.45, 7) is 1.09. The fourth-order valence-corrected chi connectivity index (χ4v) is 2.56. The Morgan fingerprint density at radius 1 is 1.08 bits per heavy atom. The van der Waals surface area contributed by atoms with Crippen LogP contribution in [0.25, 0.3) is 10.9 Å². The fourth-order valence-electron chi connectivity index (χ4n) is 2.39. The number of carbonyl (C=O) groups is 1. The lowest BCUT2D eigenvalue weighted by molar-refractivity contribution is -0.123. The zero-order valence-corrected chi connectivity index (χ0v) is 14.3. The number of fused-ring (bicyclic) bond motifs is 1. The van der Waals surface area contributed by atoms with Crippen LogP contribution in [0.5, 0.6) is 5.75 Å². The summed E-state index contributed by atoms with van der Waals surface area (Å²) in [5.41, 5.74) is 1.79. The van der Waals surface area contributed by atoms with Crippen molar-refractivity contribution in [3.05, 3.63) is 65.8 Å². The van der Waals surface area contributed by atoms with Gasteiger partial charge in [0, 0.05) is 35.4 Å². The van der Waals surface area contributed by atoms with E-state index in [0.717, 1.165) is 16.6 Å². The fraction of sp³-hybridized carbons (Fsp3) is 0.158. The molecule has 1 aromatic heterocycles. The maximum absolute atomic E-state index is 11.8. The number of para-hydroxylation sites is 1. The lowest BCUT2D eigenvalue weighted by atomic mass is 10.2. The Bertz CT molecular complexity index is 856. The molecule has 25 heavy (non-hydrogen) atoms. The number of benzene rings is 2. The average molecular weight is 356 g/mol. The van der Waals surface area contributed by atoms with Gasteiger partial charge in [-0.15, -0.1) is 0 Å². The first-order chi connectivity index (χ1) is 12.2. The summed E-state index contributed by atoms with van der Waals surface area (Å²) in [6, 6.07) is 16.7. The van der Waals surface area contributed by atoms with Gasteiger partial charge in [-0.3, -0.25) is 9.78 Å². The molecule has 0 spiro atoms. The van der Waals surface area contributed by atoms with E-state index in [-0.39, 0.29) is 12.5 Å². The molecule has 3 rings (SSSR count). The highest BCUT2D eigenvalue weighted by atomic mass is 35.5. The third-order valence-corrected chi connectivity index (χ3v) is 3.82. The molecular formula is C19H18ClN3O2. The van der Waals surface area contributed by atoms with E-state index in [2.05, 4.69) is 15.6 Å². The normalized spacial score (nSPS) is 10.4. The molecule has 0 aliphatic rings. The molecule has 0 unspecified atom stereocenters. The lowest BCUT2D eigenvalue weighted by Gasteiger charge is -2.11. The molecule has 3 aromatic rings. The number of ether oxygens (including phenoxy) is 1. The van der Waals surface area contributed by atoms with E-state index in [4.69, 9.17) is 16.3 Å². The van der Waals surface area contributed by atoms with Gasteiger partial charge in [-0.1, -0.05) is 29.8 Å². The van der Waals surface area contributed by atoms with Crippen LogP contribution in [0.1, 0.15) is 0 Å². The highest BCUT2D eigenvalue weighted by Gasteiger charge is 2.04. The predicted octanol–water partition coefficient (Wildman–Crippen LogP) is 3.50. The molecular weight excluding hydrogens is 338 g/mol. The number of aromatic nitrogens is 1. The Morgan fingerprint density at radius 3 is 2.76 bits per heavy atom. The molecule has 0 fully saturated rings. The van der Waals surface area contributed by atoms with Gasteiger partial charge in [0.05, 0.1) is 5.52 Å². The van der Waals surface area contributed by atoms with Crippen LogP contribution in [-0.4, -0.2) is 30.6 Å². The molecule has 2 N–H and O–H groups in total. The SMILES string of the molecule is O=C(COc1ccccc1)NCCNc1ccnc2cc(Cl)ccc12. The number of carbonyl (C=O) groups excluding carboxylic acids is 1. The van der Waals surface area contributed by atoms with Gasteiger partial charge < -0.3 is 15.4 Å². The van der Waals surface area contributed by atoms with E-state index < -0.39 is 0 Å². The molecule has 128 valence electrons. The summed E-state index contributed by atoms with van der Waals surface area (Å²) in [5, 5.41) is 7.76. The Hall–Kier alpha value is -2.79. The average Bonchev–Trinajstić information content (AvgIpc) is 2.64. The second kappa shape index (κ2) is 8.35. The number of hydrogen-bond donors (Lipinski definition) is 2. The standard InChI is InChI=1S/C19H18ClN3O2/c20-14-6-7-16-17(8-9-21-18(16)12-14)22-10-11-23-19(24)13-25-15-4-2-1-3-5-15/h1-9,12H,10-11,13H2,(H,21,22)(H,23,24). The third kappa shape index (κ3) is 4.84. The molecule has 0 saturated carbocycles. The van der Waals surface area contributed by atoms with Crippen molar-refractivity contribution in [2.45, 2.75) is 0 Å². The number of rotatable bonds is 7. The van der Waals surface area contributed by atoms with Crippen LogP contribution in [-0.2, 0) is 4.79 Å². The number of amides is 1. The van der Waals surface area contributed by atoms with Gasteiger partial charge in [0.25, 0.3) is 5.91 Å². The minimum absolute atomic E-state index is 0.000694. The smallest absolute Gasteiger partial charge is 0.258 e. The van der Waals surface area contributed by atoms with E-state index in [1.165, 1.54) is 0 Å². The maximum Gasteiger partial charge on any atom is 0.258 e. The van der Waals surface area contributed by atoms with E-state index >= 15 is 0 Å². The van der Waals surface area contributed by atoms with Crippen LogP contribution in [0.2, 0.25) is 5.02 Å². The maximum atomic E-state index is 11.8. The molecule has 0 bridgehead atoms. The molecule has 1 amide bonds. The number of nitrogens with one attached hydrogen (secondary N) is 2. The van der Waals surface area contributed by atoms with Gasteiger partial charge in [0.15, 0.2) is 6.61 Å². The van der Waals surface area contributed by atoms with Crippen molar-refractivity contribution >= 4 is 34.1 Å². The lowest BCUT2D eigenvalue weighted by Crippen LogP contribution is -2.32. The summed E-state index contributed by atoms with van der Waals surface area (Å²) in [5.74, 6) is 0.523. The Kier molecular flexibility index (Phi) is 5.69. The highest BCUT2D eigenvalue weighted by molar-refractivity contribution is 6.31.